The first-order valence-electron chi connectivity index (χ1n) is 8.19. The van der Waals surface area contributed by atoms with Crippen LogP contribution in [0.1, 0.15) is 65.0 Å². The van der Waals surface area contributed by atoms with Crippen LogP contribution in [0.2, 0.25) is 0 Å². The molecule has 0 bridgehead atoms. The highest BCUT2D eigenvalue weighted by molar-refractivity contribution is 7.15. The molecule has 1 fully saturated rings. The summed E-state index contributed by atoms with van der Waals surface area (Å²) in [7, 11) is 0. The molecule has 0 atom stereocenters. The van der Waals surface area contributed by atoms with Gasteiger partial charge < -0.3 is 10.2 Å². The van der Waals surface area contributed by atoms with Gasteiger partial charge in [-0.2, -0.15) is 0 Å². The third-order valence-corrected chi connectivity index (χ3v) is 5.44. The lowest BCUT2D eigenvalue weighted by Crippen LogP contribution is -2.37. The minimum absolute atomic E-state index is 0.120. The lowest BCUT2D eigenvalue weighted by atomic mass is 9.83. The smallest absolute Gasteiger partial charge is 0.185 e. The van der Waals surface area contributed by atoms with E-state index in [1.807, 2.05) is 11.3 Å². The molecule has 1 N–H and O–H groups in total. The Kier molecular flexibility index (Phi) is 4.99. The average Bonchev–Trinajstić information content (AvgIpc) is 2.80. The number of thiazole rings is 1. The van der Waals surface area contributed by atoms with Crippen molar-refractivity contribution in [1.82, 2.24) is 10.3 Å². The summed E-state index contributed by atoms with van der Waals surface area (Å²) in [5.74, 6) is 0. The summed E-state index contributed by atoms with van der Waals surface area (Å²) in [4.78, 5) is 8.90. The third kappa shape index (κ3) is 4.19. The molecule has 21 heavy (non-hydrogen) atoms. The van der Waals surface area contributed by atoms with Gasteiger partial charge in [-0.1, -0.05) is 41.5 Å². The first-order valence-corrected chi connectivity index (χ1v) is 9.00. The Morgan fingerprint density at radius 3 is 2.38 bits per heavy atom. The van der Waals surface area contributed by atoms with Crippen LogP contribution in [0.5, 0.6) is 0 Å². The number of nitrogens with zero attached hydrogens (tertiary/aromatic N) is 2. The van der Waals surface area contributed by atoms with Crippen molar-refractivity contribution in [2.24, 2.45) is 5.41 Å². The highest BCUT2D eigenvalue weighted by Crippen LogP contribution is 2.37. The topological polar surface area (TPSA) is 28.2 Å². The van der Waals surface area contributed by atoms with Crippen LogP contribution in [-0.2, 0) is 12.0 Å². The van der Waals surface area contributed by atoms with Crippen molar-refractivity contribution in [1.29, 1.82) is 0 Å². The van der Waals surface area contributed by atoms with Crippen LogP contribution in [0.4, 0.5) is 5.13 Å². The van der Waals surface area contributed by atoms with Crippen LogP contribution in [0.3, 0.4) is 0 Å². The molecular formula is C17H31N3S. The van der Waals surface area contributed by atoms with Gasteiger partial charge in [-0.05, 0) is 24.8 Å². The largest absolute Gasteiger partial charge is 0.348 e. The number of anilines is 1. The number of piperidine rings is 1. The zero-order chi connectivity index (χ0) is 15.7. The van der Waals surface area contributed by atoms with Gasteiger partial charge in [0, 0.05) is 29.9 Å². The number of nitrogens with one attached hydrogen (secondary N) is 1. The number of hydrogen-bond acceptors (Lipinski definition) is 4. The summed E-state index contributed by atoms with van der Waals surface area (Å²) >= 11 is 1.89. The van der Waals surface area contributed by atoms with Crippen molar-refractivity contribution in [3.05, 3.63) is 10.6 Å². The van der Waals surface area contributed by atoms with Crippen molar-refractivity contribution in [3.63, 3.8) is 0 Å². The van der Waals surface area contributed by atoms with Crippen LogP contribution in [0.15, 0.2) is 0 Å². The molecule has 120 valence electrons. The van der Waals surface area contributed by atoms with Gasteiger partial charge in [-0.25, -0.2) is 4.98 Å². The van der Waals surface area contributed by atoms with Crippen molar-refractivity contribution in [2.45, 2.75) is 66.3 Å². The predicted octanol–water partition coefficient (Wildman–Crippen LogP) is 4.18. The summed E-state index contributed by atoms with van der Waals surface area (Å²) in [6, 6.07) is 0. The van der Waals surface area contributed by atoms with Crippen LogP contribution >= 0.6 is 11.3 Å². The molecule has 1 aliphatic heterocycles. The average molecular weight is 310 g/mol. The molecule has 4 heteroatoms. The van der Waals surface area contributed by atoms with Crippen molar-refractivity contribution in [3.8, 4) is 0 Å². The Morgan fingerprint density at radius 2 is 1.86 bits per heavy atom. The van der Waals surface area contributed by atoms with E-state index in [9.17, 15) is 0 Å². The van der Waals surface area contributed by atoms with E-state index >= 15 is 0 Å². The number of hydrogen-bond donors (Lipinski definition) is 1. The lowest BCUT2D eigenvalue weighted by Gasteiger charge is -2.36. The monoisotopic (exact) mass is 309 g/mol. The van der Waals surface area contributed by atoms with E-state index < -0.39 is 0 Å². The van der Waals surface area contributed by atoms with Gasteiger partial charge in [0.15, 0.2) is 5.13 Å². The van der Waals surface area contributed by atoms with Gasteiger partial charge in [0.2, 0.25) is 0 Å². The summed E-state index contributed by atoms with van der Waals surface area (Å²) in [6.45, 7) is 17.9. The van der Waals surface area contributed by atoms with Gasteiger partial charge in [0.1, 0.15) is 0 Å². The van der Waals surface area contributed by atoms with Gasteiger partial charge in [0.05, 0.1) is 5.69 Å². The molecule has 1 aliphatic rings. The molecular weight excluding hydrogens is 278 g/mol. The van der Waals surface area contributed by atoms with Gasteiger partial charge in [0.25, 0.3) is 0 Å². The first kappa shape index (κ1) is 16.8. The maximum absolute atomic E-state index is 5.01. The third-order valence-electron chi connectivity index (χ3n) is 4.32. The normalized spacial score (nSPS) is 19.0. The second-order valence-corrected chi connectivity index (χ2v) is 9.01. The molecule has 0 spiro atoms. The zero-order valence-electron chi connectivity index (χ0n) is 14.5. The first-order chi connectivity index (χ1) is 9.73. The molecule has 2 rings (SSSR count). The fourth-order valence-corrected chi connectivity index (χ4v) is 4.01. The van der Waals surface area contributed by atoms with E-state index in [1.54, 1.807) is 0 Å². The fourth-order valence-electron chi connectivity index (χ4n) is 2.72. The van der Waals surface area contributed by atoms with E-state index in [-0.39, 0.29) is 5.41 Å². The molecule has 0 aromatic carbocycles. The Bertz CT molecular complexity index is 461. The molecule has 0 amide bonds. The van der Waals surface area contributed by atoms with Gasteiger partial charge in [-0.3, -0.25) is 0 Å². The minimum atomic E-state index is 0.120. The fraction of sp³-hybridized carbons (Fsp3) is 0.824. The Morgan fingerprint density at radius 1 is 1.24 bits per heavy atom. The van der Waals surface area contributed by atoms with Crippen molar-refractivity contribution in [2.75, 3.05) is 24.5 Å². The Labute approximate surface area is 134 Å². The molecule has 1 aromatic rings. The van der Waals surface area contributed by atoms with E-state index in [4.69, 9.17) is 4.98 Å². The highest BCUT2D eigenvalue weighted by Gasteiger charge is 2.29. The molecule has 0 unspecified atom stereocenters. The molecule has 3 nitrogen and oxygen atoms in total. The van der Waals surface area contributed by atoms with Crippen LogP contribution in [0, 0.1) is 5.41 Å². The Hall–Kier alpha value is -0.610. The van der Waals surface area contributed by atoms with Crippen LogP contribution in [-0.4, -0.2) is 24.6 Å². The highest BCUT2D eigenvalue weighted by atomic mass is 32.1. The van der Waals surface area contributed by atoms with E-state index in [2.05, 4.69) is 51.8 Å². The standard InChI is InChI=1S/C17H31N3S/c1-7-18-12-13-14(16(2,3)4)19-15(21-13)20-10-8-17(5,6)9-11-20/h18H,7-12H2,1-6H3. The lowest BCUT2D eigenvalue weighted by molar-refractivity contribution is 0.279. The zero-order valence-corrected chi connectivity index (χ0v) is 15.4. The number of rotatable bonds is 4. The molecule has 2 heterocycles. The minimum Gasteiger partial charge on any atom is -0.348 e. The predicted molar refractivity (Wildman–Crippen MR) is 93.4 cm³/mol. The van der Waals surface area contributed by atoms with Gasteiger partial charge >= 0.3 is 0 Å². The molecule has 0 radical (unpaired) electrons. The maximum atomic E-state index is 5.01. The molecule has 0 saturated carbocycles. The van der Waals surface area contributed by atoms with Crippen LogP contribution in [0.25, 0.3) is 0 Å². The molecule has 0 aliphatic carbocycles. The summed E-state index contributed by atoms with van der Waals surface area (Å²) in [5.41, 5.74) is 1.88. The maximum Gasteiger partial charge on any atom is 0.185 e. The van der Waals surface area contributed by atoms with Crippen molar-refractivity contribution >= 4 is 16.5 Å². The summed E-state index contributed by atoms with van der Waals surface area (Å²) < 4.78 is 0. The van der Waals surface area contributed by atoms with Gasteiger partial charge in [-0.15, -0.1) is 11.3 Å². The SMILES string of the molecule is CCNCc1sc(N2CCC(C)(C)CC2)nc1C(C)(C)C. The van der Waals surface area contributed by atoms with E-state index in [0.29, 0.717) is 5.41 Å². The second-order valence-electron chi connectivity index (χ2n) is 7.95. The summed E-state index contributed by atoms with van der Waals surface area (Å²) in [5, 5.41) is 4.68. The quantitative estimate of drug-likeness (QED) is 0.904. The van der Waals surface area contributed by atoms with Crippen molar-refractivity contribution < 1.29 is 0 Å². The van der Waals surface area contributed by atoms with E-state index in [0.717, 1.165) is 26.2 Å². The Balaban J connectivity index is 2.19. The number of aromatic nitrogens is 1. The summed E-state index contributed by atoms with van der Waals surface area (Å²) in [6.07, 6.45) is 2.53. The molecule has 1 saturated heterocycles. The second kappa shape index (κ2) is 6.25. The van der Waals surface area contributed by atoms with Crippen LogP contribution < -0.4 is 10.2 Å². The van der Waals surface area contributed by atoms with E-state index in [1.165, 1.54) is 28.5 Å². The molecule has 1 aromatic heterocycles.